The molecule has 1 aromatic carbocycles. The monoisotopic (exact) mass is 322 g/mol. The quantitative estimate of drug-likeness (QED) is 0.785. The van der Waals surface area contributed by atoms with Crippen LogP contribution in [0.3, 0.4) is 0 Å². The van der Waals surface area contributed by atoms with E-state index in [0.717, 1.165) is 23.5 Å². The van der Waals surface area contributed by atoms with Crippen molar-refractivity contribution in [2.45, 2.75) is 20.3 Å². The molecular weight excluding hydrogens is 300 g/mol. The number of nitrogens with one attached hydrogen (secondary N) is 1. The first-order chi connectivity index (χ1) is 11.6. The van der Waals surface area contributed by atoms with Crippen molar-refractivity contribution in [1.82, 2.24) is 19.7 Å². The minimum absolute atomic E-state index is 0.0479. The molecule has 5 nitrogen and oxygen atoms in total. The van der Waals surface area contributed by atoms with Crippen LogP contribution in [0.2, 0.25) is 0 Å². The molecule has 0 saturated heterocycles. The SMILES string of the molecule is Cc1nn(C)c(C)c1CCNC(=O)c1ccc(-n2cccc2)cc1. The molecule has 0 atom stereocenters. The predicted molar refractivity (Wildman–Crippen MR) is 94.5 cm³/mol. The van der Waals surface area contributed by atoms with Gasteiger partial charge in [-0.2, -0.15) is 5.10 Å². The third-order valence-electron chi connectivity index (χ3n) is 4.35. The lowest BCUT2D eigenvalue weighted by Gasteiger charge is -2.07. The van der Waals surface area contributed by atoms with E-state index in [1.165, 1.54) is 5.56 Å². The average Bonchev–Trinajstić information content (AvgIpc) is 3.19. The van der Waals surface area contributed by atoms with Crippen molar-refractivity contribution in [3.05, 3.63) is 71.3 Å². The molecule has 5 heteroatoms. The normalized spacial score (nSPS) is 10.8. The Bertz CT molecular complexity index is 829. The fourth-order valence-corrected chi connectivity index (χ4v) is 2.87. The minimum Gasteiger partial charge on any atom is -0.352 e. The van der Waals surface area contributed by atoms with Crippen LogP contribution in [0.15, 0.2) is 48.8 Å². The molecule has 124 valence electrons. The number of nitrogens with zero attached hydrogens (tertiary/aromatic N) is 3. The molecular formula is C19H22N4O. The molecule has 1 N–H and O–H groups in total. The molecule has 24 heavy (non-hydrogen) atoms. The minimum atomic E-state index is -0.0479. The van der Waals surface area contributed by atoms with E-state index in [9.17, 15) is 4.79 Å². The molecule has 0 spiro atoms. The van der Waals surface area contributed by atoms with Crippen molar-refractivity contribution in [3.8, 4) is 5.69 Å². The van der Waals surface area contributed by atoms with Crippen molar-refractivity contribution < 1.29 is 4.79 Å². The van der Waals surface area contributed by atoms with Gasteiger partial charge in [0.25, 0.3) is 5.91 Å². The van der Waals surface area contributed by atoms with Gasteiger partial charge in [-0.05, 0) is 62.2 Å². The first-order valence-electron chi connectivity index (χ1n) is 8.07. The van der Waals surface area contributed by atoms with E-state index in [4.69, 9.17) is 0 Å². The van der Waals surface area contributed by atoms with Crippen molar-refractivity contribution >= 4 is 5.91 Å². The summed E-state index contributed by atoms with van der Waals surface area (Å²) in [6.07, 6.45) is 4.75. The van der Waals surface area contributed by atoms with Crippen LogP contribution in [0.5, 0.6) is 0 Å². The van der Waals surface area contributed by atoms with Crippen LogP contribution in [-0.2, 0) is 13.5 Å². The summed E-state index contributed by atoms with van der Waals surface area (Å²) in [6.45, 7) is 4.66. The van der Waals surface area contributed by atoms with Crippen molar-refractivity contribution in [3.63, 3.8) is 0 Å². The maximum Gasteiger partial charge on any atom is 0.251 e. The molecule has 1 amide bonds. The van der Waals surface area contributed by atoms with E-state index < -0.39 is 0 Å². The second-order valence-corrected chi connectivity index (χ2v) is 5.92. The number of carbonyl (C=O) groups excluding carboxylic acids is 1. The van der Waals surface area contributed by atoms with E-state index in [1.807, 2.05) is 72.0 Å². The maximum absolute atomic E-state index is 12.3. The zero-order valence-electron chi connectivity index (χ0n) is 14.3. The molecule has 3 aromatic rings. The molecule has 0 unspecified atom stereocenters. The third-order valence-corrected chi connectivity index (χ3v) is 4.35. The van der Waals surface area contributed by atoms with Gasteiger partial charge < -0.3 is 9.88 Å². The highest BCUT2D eigenvalue weighted by Crippen LogP contribution is 2.12. The summed E-state index contributed by atoms with van der Waals surface area (Å²) in [6, 6.07) is 11.6. The third kappa shape index (κ3) is 3.25. The Morgan fingerprint density at radius 3 is 2.38 bits per heavy atom. The first-order valence-corrected chi connectivity index (χ1v) is 8.07. The number of aryl methyl sites for hydroxylation is 2. The highest BCUT2D eigenvalue weighted by atomic mass is 16.1. The fourth-order valence-electron chi connectivity index (χ4n) is 2.87. The zero-order chi connectivity index (χ0) is 17.1. The topological polar surface area (TPSA) is 51.9 Å². The summed E-state index contributed by atoms with van der Waals surface area (Å²) in [4.78, 5) is 12.3. The van der Waals surface area contributed by atoms with Gasteiger partial charge in [-0.1, -0.05) is 0 Å². The molecule has 0 saturated carbocycles. The average molecular weight is 322 g/mol. The van der Waals surface area contributed by atoms with Gasteiger partial charge >= 0.3 is 0 Å². The van der Waals surface area contributed by atoms with E-state index in [1.54, 1.807) is 0 Å². The number of rotatable bonds is 5. The molecule has 0 aliphatic rings. The van der Waals surface area contributed by atoms with Crippen LogP contribution in [0, 0.1) is 13.8 Å². The second-order valence-electron chi connectivity index (χ2n) is 5.92. The van der Waals surface area contributed by atoms with Gasteiger partial charge in [0.2, 0.25) is 0 Å². The van der Waals surface area contributed by atoms with Gasteiger partial charge in [-0.25, -0.2) is 0 Å². The Hall–Kier alpha value is -2.82. The number of aromatic nitrogens is 3. The van der Waals surface area contributed by atoms with Crippen LogP contribution in [0.25, 0.3) is 5.69 Å². The molecule has 0 fully saturated rings. The Kier molecular flexibility index (Phi) is 4.51. The summed E-state index contributed by atoms with van der Waals surface area (Å²) in [5.41, 5.74) is 5.10. The molecule has 2 heterocycles. The van der Waals surface area contributed by atoms with Crippen LogP contribution < -0.4 is 5.32 Å². The molecule has 0 radical (unpaired) electrons. The lowest BCUT2D eigenvalue weighted by molar-refractivity contribution is 0.0954. The van der Waals surface area contributed by atoms with Crippen LogP contribution in [0.4, 0.5) is 0 Å². The Labute approximate surface area is 141 Å². The predicted octanol–water partition coefficient (Wildman–Crippen LogP) is 2.80. The second kappa shape index (κ2) is 6.74. The van der Waals surface area contributed by atoms with Crippen molar-refractivity contribution in [1.29, 1.82) is 0 Å². The van der Waals surface area contributed by atoms with Crippen molar-refractivity contribution in [2.75, 3.05) is 6.54 Å². The Morgan fingerprint density at radius 1 is 1.12 bits per heavy atom. The fraction of sp³-hybridized carbons (Fsp3) is 0.263. The maximum atomic E-state index is 12.3. The molecule has 0 aliphatic heterocycles. The summed E-state index contributed by atoms with van der Waals surface area (Å²) < 4.78 is 3.89. The first kappa shape index (κ1) is 16.1. The lowest BCUT2D eigenvalue weighted by atomic mass is 10.1. The standard InChI is InChI=1S/C19H22N4O/c1-14-18(15(2)22(3)21-14)10-11-20-19(24)16-6-8-17(9-7-16)23-12-4-5-13-23/h4-9,12-13H,10-11H2,1-3H3,(H,20,24). The van der Waals surface area contributed by atoms with Gasteiger partial charge in [0, 0.05) is 42.9 Å². The Morgan fingerprint density at radius 2 is 1.79 bits per heavy atom. The number of benzene rings is 1. The number of hydrogen-bond donors (Lipinski definition) is 1. The van der Waals surface area contributed by atoms with Crippen LogP contribution >= 0.6 is 0 Å². The number of amides is 1. The van der Waals surface area contributed by atoms with Crippen LogP contribution in [0.1, 0.15) is 27.3 Å². The van der Waals surface area contributed by atoms with Crippen LogP contribution in [-0.4, -0.2) is 26.8 Å². The number of hydrogen-bond acceptors (Lipinski definition) is 2. The van der Waals surface area contributed by atoms with E-state index in [0.29, 0.717) is 12.1 Å². The lowest BCUT2D eigenvalue weighted by Crippen LogP contribution is -2.25. The van der Waals surface area contributed by atoms with Gasteiger partial charge in [0.05, 0.1) is 5.69 Å². The highest BCUT2D eigenvalue weighted by molar-refractivity contribution is 5.94. The molecule has 3 rings (SSSR count). The van der Waals surface area contributed by atoms with Gasteiger partial charge in [0.1, 0.15) is 0 Å². The van der Waals surface area contributed by atoms with E-state index >= 15 is 0 Å². The summed E-state index contributed by atoms with van der Waals surface area (Å²) in [7, 11) is 1.94. The van der Waals surface area contributed by atoms with E-state index in [-0.39, 0.29) is 5.91 Å². The Balaban J connectivity index is 1.59. The smallest absolute Gasteiger partial charge is 0.251 e. The summed E-state index contributed by atoms with van der Waals surface area (Å²) >= 11 is 0. The number of carbonyl (C=O) groups is 1. The van der Waals surface area contributed by atoms with Gasteiger partial charge in [-0.3, -0.25) is 9.48 Å². The van der Waals surface area contributed by atoms with Gasteiger partial charge in [0.15, 0.2) is 0 Å². The zero-order valence-corrected chi connectivity index (χ0v) is 14.3. The summed E-state index contributed by atoms with van der Waals surface area (Å²) in [5.74, 6) is -0.0479. The van der Waals surface area contributed by atoms with E-state index in [2.05, 4.69) is 17.3 Å². The van der Waals surface area contributed by atoms with Crippen molar-refractivity contribution in [2.24, 2.45) is 7.05 Å². The molecule has 0 aliphatic carbocycles. The molecule has 0 bridgehead atoms. The molecule has 2 aromatic heterocycles. The van der Waals surface area contributed by atoms with Gasteiger partial charge in [-0.15, -0.1) is 0 Å². The largest absolute Gasteiger partial charge is 0.352 e. The highest BCUT2D eigenvalue weighted by Gasteiger charge is 2.10. The summed E-state index contributed by atoms with van der Waals surface area (Å²) in [5, 5.41) is 7.38.